The molecule has 0 amide bonds. The van der Waals surface area contributed by atoms with Crippen molar-refractivity contribution in [3.05, 3.63) is 10.4 Å². The lowest BCUT2D eigenvalue weighted by atomic mass is 10.3. The summed E-state index contributed by atoms with van der Waals surface area (Å²) in [6.45, 7) is 0.377. The second kappa shape index (κ2) is 3.74. The number of carbonyl (C=O) groups excluding carboxylic acids is 1. The monoisotopic (exact) mass is 143 g/mol. The third kappa shape index (κ3) is 1.63. The molecule has 5 heteroatoms. The van der Waals surface area contributed by atoms with E-state index in [0.29, 0.717) is 13.0 Å². The smallest absolute Gasteiger partial charge is 0.315 e. The van der Waals surface area contributed by atoms with Crippen LogP contribution in [0.2, 0.25) is 0 Å². The molecule has 1 rings (SSSR count). The highest BCUT2D eigenvalue weighted by molar-refractivity contribution is 5.77. The van der Waals surface area contributed by atoms with E-state index < -0.39 is 12.0 Å². The lowest BCUT2D eigenvalue weighted by Gasteiger charge is -1.89. The second-order valence-corrected chi connectivity index (χ2v) is 1.68. The number of hydrogen-bond donors (Lipinski definition) is 0. The predicted molar refractivity (Wildman–Crippen MR) is 35.2 cm³/mol. The van der Waals surface area contributed by atoms with Gasteiger partial charge in [-0.2, -0.15) is 0 Å². The molecule has 1 fully saturated rings. The normalized spacial score (nSPS) is 22.4. The van der Waals surface area contributed by atoms with Gasteiger partial charge in [0.1, 0.15) is 6.04 Å². The van der Waals surface area contributed by atoms with Crippen molar-refractivity contribution >= 4 is 5.97 Å². The van der Waals surface area contributed by atoms with Crippen molar-refractivity contribution in [2.75, 3.05) is 6.61 Å². The number of carbonyl (C=O) groups is 1. The summed E-state index contributed by atoms with van der Waals surface area (Å²) in [4.78, 5) is 13.0. The molecular weight excluding hydrogens is 134 g/mol. The average Bonchev–Trinajstić information content (AvgIpc) is 2.18. The lowest BCUT2D eigenvalue weighted by molar-refractivity contribution is -0.138. The number of azide groups is 1. The molecule has 1 atom stereocenters. The Balaban J connectivity index is 0.000000810. The van der Waals surface area contributed by atoms with Gasteiger partial charge in [0.05, 0.1) is 6.61 Å². The molecular formula is C5H9N3O2. The third-order valence-corrected chi connectivity index (χ3v) is 1.10. The molecule has 0 spiro atoms. The average molecular weight is 143 g/mol. The van der Waals surface area contributed by atoms with E-state index in [1.165, 1.54) is 0 Å². The fourth-order valence-corrected chi connectivity index (χ4v) is 0.652. The lowest BCUT2D eigenvalue weighted by Crippen LogP contribution is -2.09. The van der Waals surface area contributed by atoms with Crippen LogP contribution in [0.4, 0.5) is 0 Å². The Labute approximate surface area is 58.6 Å². The zero-order valence-corrected chi connectivity index (χ0v) is 4.65. The van der Waals surface area contributed by atoms with Gasteiger partial charge < -0.3 is 4.74 Å². The van der Waals surface area contributed by atoms with E-state index in [4.69, 9.17) is 5.53 Å². The van der Waals surface area contributed by atoms with Crippen LogP contribution in [0.25, 0.3) is 10.4 Å². The third-order valence-electron chi connectivity index (χ3n) is 1.10. The first-order chi connectivity index (χ1) is 4.34. The van der Waals surface area contributed by atoms with Gasteiger partial charge in [0.2, 0.25) is 0 Å². The Bertz CT molecular complexity index is 174. The number of nitrogens with zero attached hydrogens (tertiary/aromatic N) is 3. The highest BCUT2D eigenvalue weighted by Gasteiger charge is 2.24. The molecule has 0 N–H and O–H groups in total. The first kappa shape index (κ1) is 8.78. The molecule has 1 aliphatic heterocycles. The van der Waals surface area contributed by atoms with Crippen LogP contribution in [0.15, 0.2) is 5.11 Å². The van der Waals surface area contributed by atoms with Crippen LogP contribution in [0.3, 0.4) is 0 Å². The van der Waals surface area contributed by atoms with E-state index >= 15 is 0 Å². The molecule has 1 aliphatic rings. The summed E-state index contributed by atoms with van der Waals surface area (Å²) in [5.41, 5.74) is 7.90. The largest absolute Gasteiger partial charge is 0.465 e. The van der Waals surface area contributed by atoms with Crippen molar-refractivity contribution in [1.82, 2.24) is 0 Å². The maximum absolute atomic E-state index is 10.5. The van der Waals surface area contributed by atoms with Crippen LogP contribution >= 0.6 is 0 Å². The van der Waals surface area contributed by atoms with Gasteiger partial charge in [-0.1, -0.05) is 12.5 Å². The minimum atomic E-state index is -0.574. The maximum Gasteiger partial charge on any atom is 0.315 e. The molecule has 1 saturated heterocycles. The van der Waals surface area contributed by atoms with E-state index in [9.17, 15) is 4.79 Å². The number of esters is 1. The zero-order chi connectivity index (χ0) is 6.69. The molecule has 5 nitrogen and oxygen atoms in total. The van der Waals surface area contributed by atoms with Gasteiger partial charge in [-0.05, 0) is 5.53 Å². The highest BCUT2D eigenvalue weighted by Crippen LogP contribution is 2.09. The summed E-state index contributed by atoms with van der Waals surface area (Å²) in [5, 5.41) is 3.21. The van der Waals surface area contributed by atoms with Gasteiger partial charge in [0.25, 0.3) is 0 Å². The van der Waals surface area contributed by atoms with Crippen molar-refractivity contribution in [3.8, 4) is 0 Å². The number of hydrogen-bond acceptors (Lipinski definition) is 3. The van der Waals surface area contributed by atoms with Crippen LogP contribution in [0, 0.1) is 0 Å². The van der Waals surface area contributed by atoms with Crippen LogP contribution < -0.4 is 0 Å². The molecule has 0 saturated carbocycles. The fraction of sp³-hybridized carbons (Fsp3) is 0.800. The quantitative estimate of drug-likeness (QED) is 0.240. The topological polar surface area (TPSA) is 75.1 Å². The van der Waals surface area contributed by atoms with Gasteiger partial charge in [0.15, 0.2) is 0 Å². The standard InChI is InChI=1S/C4H5N3O2.CH4/c5-7-6-3-1-2-9-4(3)8;/h3H,1-2H2;1H4/t3-;/m1./s1. The highest BCUT2D eigenvalue weighted by atomic mass is 16.5. The SMILES string of the molecule is C.[N-]=[N+]=N[C@@H]1CCOC1=O. The van der Waals surface area contributed by atoms with Gasteiger partial charge in [-0.15, -0.1) is 0 Å². The summed E-state index contributed by atoms with van der Waals surface area (Å²) in [7, 11) is 0. The molecule has 0 aromatic heterocycles. The predicted octanol–water partition coefficient (Wildman–Crippen LogP) is 1.25. The van der Waals surface area contributed by atoms with Crippen molar-refractivity contribution in [2.24, 2.45) is 5.11 Å². The van der Waals surface area contributed by atoms with E-state index in [-0.39, 0.29) is 7.43 Å². The van der Waals surface area contributed by atoms with Gasteiger partial charge in [-0.3, -0.25) is 4.79 Å². The van der Waals surface area contributed by atoms with Gasteiger partial charge >= 0.3 is 5.97 Å². The number of ether oxygens (including phenoxy) is 1. The van der Waals surface area contributed by atoms with E-state index in [1.807, 2.05) is 0 Å². The van der Waals surface area contributed by atoms with Crippen LogP contribution in [0.1, 0.15) is 13.8 Å². The Hall–Kier alpha value is -1.22. The number of rotatable bonds is 1. The Morgan fingerprint density at radius 3 is 2.90 bits per heavy atom. The Morgan fingerprint density at radius 2 is 2.50 bits per heavy atom. The van der Waals surface area contributed by atoms with Gasteiger partial charge in [-0.25, -0.2) is 0 Å². The maximum atomic E-state index is 10.5. The van der Waals surface area contributed by atoms with E-state index in [2.05, 4.69) is 14.8 Å². The number of cyclic esters (lactones) is 1. The molecule has 10 heavy (non-hydrogen) atoms. The van der Waals surface area contributed by atoms with E-state index in [0.717, 1.165) is 0 Å². The van der Waals surface area contributed by atoms with Gasteiger partial charge in [0, 0.05) is 11.3 Å². The van der Waals surface area contributed by atoms with Crippen molar-refractivity contribution in [3.63, 3.8) is 0 Å². The fourth-order valence-electron chi connectivity index (χ4n) is 0.652. The Morgan fingerprint density at radius 1 is 1.80 bits per heavy atom. The van der Waals surface area contributed by atoms with Crippen molar-refractivity contribution in [2.45, 2.75) is 19.9 Å². The van der Waals surface area contributed by atoms with Crippen LogP contribution in [-0.2, 0) is 9.53 Å². The molecule has 56 valence electrons. The summed E-state index contributed by atoms with van der Waals surface area (Å²) in [6, 6.07) is -0.574. The Kier molecular flexibility index (Phi) is 3.28. The molecule has 0 radical (unpaired) electrons. The van der Waals surface area contributed by atoms with Crippen molar-refractivity contribution < 1.29 is 9.53 Å². The summed E-state index contributed by atoms with van der Waals surface area (Å²) in [6.07, 6.45) is 0.517. The molecule has 0 bridgehead atoms. The molecule has 1 heterocycles. The second-order valence-electron chi connectivity index (χ2n) is 1.68. The molecule has 0 unspecified atom stereocenters. The van der Waals surface area contributed by atoms with E-state index in [1.54, 1.807) is 0 Å². The molecule has 0 aliphatic carbocycles. The summed E-state index contributed by atoms with van der Waals surface area (Å²) < 4.78 is 4.51. The van der Waals surface area contributed by atoms with Crippen LogP contribution in [0.5, 0.6) is 0 Å². The minimum absolute atomic E-state index is 0. The molecule has 0 aromatic rings. The first-order valence-electron chi connectivity index (χ1n) is 2.55. The van der Waals surface area contributed by atoms with Crippen molar-refractivity contribution in [1.29, 1.82) is 0 Å². The zero-order valence-electron chi connectivity index (χ0n) is 4.65. The summed E-state index contributed by atoms with van der Waals surface area (Å²) >= 11 is 0. The first-order valence-corrected chi connectivity index (χ1v) is 2.55. The minimum Gasteiger partial charge on any atom is -0.465 e. The molecule has 0 aromatic carbocycles. The van der Waals surface area contributed by atoms with Crippen LogP contribution in [-0.4, -0.2) is 18.6 Å². The summed E-state index contributed by atoms with van der Waals surface area (Å²) in [5.74, 6) is -0.409.